The van der Waals surface area contributed by atoms with E-state index in [0.29, 0.717) is 48.6 Å². The lowest BCUT2D eigenvalue weighted by molar-refractivity contribution is -0.645. The van der Waals surface area contributed by atoms with Crippen molar-refractivity contribution < 1.29 is 34.1 Å². The zero-order chi connectivity index (χ0) is 29.0. The predicted molar refractivity (Wildman–Crippen MR) is 153 cm³/mol. The lowest BCUT2D eigenvalue weighted by atomic mass is 10.0. The monoisotopic (exact) mass is 581 g/mol. The number of hydroxylamine groups is 1. The first-order chi connectivity index (χ1) is 19.9. The van der Waals surface area contributed by atoms with Crippen LogP contribution in [0.4, 0.5) is 5.69 Å². The van der Waals surface area contributed by atoms with Gasteiger partial charge in [-0.3, -0.25) is 14.8 Å². The number of thioether (sulfide) groups is 1. The molecule has 11 heteroatoms. The number of aliphatic hydroxyl groups is 1. The number of pyridine rings is 1. The van der Waals surface area contributed by atoms with E-state index in [1.807, 2.05) is 48.5 Å². The van der Waals surface area contributed by atoms with E-state index in [1.165, 1.54) is 18.0 Å². The number of nitrogens with one attached hydrogen (secondary N) is 2. The second kappa shape index (κ2) is 15.5. The smallest absolute Gasteiger partial charge is 0.251 e. The highest BCUT2D eigenvalue weighted by molar-refractivity contribution is 7.99. The molecule has 4 rings (SSSR count). The normalized spacial score (nSPS) is 18.5. The Morgan fingerprint density at radius 1 is 0.951 bits per heavy atom. The number of carbonyl (C=O) groups excluding carboxylic acids is 2. The lowest BCUT2D eigenvalue weighted by Crippen LogP contribution is -2.32. The summed E-state index contributed by atoms with van der Waals surface area (Å²) < 4.78 is 13.6. The second-order valence-electron chi connectivity index (χ2n) is 9.80. The van der Waals surface area contributed by atoms with Crippen LogP contribution in [0.25, 0.3) is 0 Å². The molecule has 3 unspecified atom stereocenters. The Balaban J connectivity index is 1.41. The molecule has 0 aliphatic carbocycles. The maximum Gasteiger partial charge on any atom is 0.251 e. The Kier molecular flexibility index (Phi) is 11.5. The lowest BCUT2D eigenvalue weighted by Gasteiger charge is -2.36. The first-order valence-corrected chi connectivity index (χ1v) is 14.6. The van der Waals surface area contributed by atoms with Crippen LogP contribution in [0.2, 0.25) is 0 Å². The molecule has 218 valence electrons. The van der Waals surface area contributed by atoms with Gasteiger partial charge in [-0.25, -0.2) is 5.48 Å². The van der Waals surface area contributed by atoms with E-state index in [1.54, 1.807) is 23.7 Å². The van der Waals surface area contributed by atoms with Crippen molar-refractivity contribution >= 4 is 29.3 Å². The van der Waals surface area contributed by atoms with Gasteiger partial charge in [0.15, 0.2) is 12.5 Å². The third kappa shape index (κ3) is 9.27. The molecular weight excluding hydrogens is 546 g/mol. The highest BCUT2D eigenvalue weighted by Crippen LogP contribution is 2.39. The molecule has 0 saturated carbocycles. The standard InChI is InChI=1S/C30H35N3O7S/c34-19-21-12-14-22(15-13-21)26-18-25(20-41-29-11-4-5-16-33(29)38)39-30(40-26)23-7-6-8-24(17-23)31-27(35)9-2-1-3-10-28(36)32-37/h4-8,11-17,25-26,30,34,37H,1-3,9-10,18-20H2,(H,31,35)(H,32,36). The summed E-state index contributed by atoms with van der Waals surface area (Å²) in [6.45, 7) is -0.0392. The SMILES string of the molecule is O=C(CCCCCC(=O)Nc1cccc(C2OC(CSc3cccc[n+]3[O-])CC(c3ccc(CO)cc3)O2)c1)NO. The van der Waals surface area contributed by atoms with Gasteiger partial charge in [-0.05, 0) is 42.2 Å². The molecule has 2 aromatic carbocycles. The number of aliphatic hydroxyl groups excluding tert-OH is 1. The first-order valence-electron chi connectivity index (χ1n) is 13.6. The fraction of sp³-hybridized carbons (Fsp3) is 0.367. The van der Waals surface area contributed by atoms with E-state index in [-0.39, 0.29) is 31.1 Å². The predicted octanol–water partition coefficient (Wildman–Crippen LogP) is 4.54. The molecule has 0 radical (unpaired) electrons. The minimum Gasteiger partial charge on any atom is -0.618 e. The topological polar surface area (TPSA) is 144 Å². The van der Waals surface area contributed by atoms with E-state index in [2.05, 4.69) is 5.32 Å². The van der Waals surface area contributed by atoms with Gasteiger partial charge in [0.25, 0.3) is 5.03 Å². The molecule has 2 amide bonds. The number of anilines is 1. The Morgan fingerprint density at radius 3 is 2.46 bits per heavy atom. The van der Waals surface area contributed by atoms with Crippen molar-refractivity contribution in [1.82, 2.24) is 5.48 Å². The van der Waals surface area contributed by atoms with Crippen molar-refractivity contribution in [2.45, 2.75) is 68.7 Å². The van der Waals surface area contributed by atoms with Gasteiger partial charge in [0, 0.05) is 48.4 Å². The molecule has 0 bridgehead atoms. The van der Waals surface area contributed by atoms with E-state index >= 15 is 0 Å². The van der Waals surface area contributed by atoms with E-state index in [4.69, 9.17) is 14.7 Å². The van der Waals surface area contributed by atoms with Crippen LogP contribution in [-0.4, -0.2) is 34.0 Å². The molecule has 41 heavy (non-hydrogen) atoms. The number of amides is 2. The van der Waals surface area contributed by atoms with Crippen molar-refractivity contribution in [3.63, 3.8) is 0 Å². The van der Waals surface area contributed by atoms with Crippen molar-refractivity contribution in [3.05, 3.63) is 94.8 Å². The molecule has 1 aliphatic heterocycles. The molecule has 3 aromatic rings. The minimum absolute atomic E-state index is 0.0392. The number of ether oxygens (including phenoxy) is 2. The van der Waals surface area contributed by atoms with Gasteiger partial charge in [-0.1, -0.05) is 54.6 Å². The maximum absolute atomic E-state index is 12.5. The maximum atomic E-state index is 12.5. The molecule has 3 atom stereocenters. The number of carbonyl (C=O) groups is 2. The molecule has 1 fully saturated rings. The first kappa shape index (κ1) is 30.5. The van der Waals surface area contributed by atoms with Crippen molar-refractivity contribution in [3.8, 4) is 0 Å². The average molecular weight is 582 g/mol. The molecule has 10 nitrogen and oxygen atoms in total. The van der Waals surface area contributed by atoms with Gasteiger partial charge in [-0.15, -0.1) is 0 Å². The van der Waals surface area contributed by atoms with Crippen molar-refractivity contribution in [1.29, 1.82) is 0 Å². The number of aromatic nitrogens is 1. The molecule has 4 N–H and O–H groups in total. The highest BCUT2D eigenvalue weighted by atomic mass is 32.2. The second-order valence-corrected chi connectivity index (χ2v) is 10.8. The van der Waals surface area contributed by atoms with Crippen LogP contribution in [0, 0.1) is 5.21 Å². The molecule has 0 spiro atoms. The Hall–Kier alpha value is -3.48. The van der Waals surface area contributed by atoms with Crippen LogP contribution >= 0.6 is 11.8 Å². The highest BCUT2D eigenvalue weighted by Gasteiger charge is 2.33. The number of rotatable bonds is 13. The summed E-state index contributed by atoms with van der Waals surface area (Å²) in [4.78, 5) is 23.6. The molecule has 1 aliphatic rings. The van der Waals surface area contributed by atoms with Gasteiger partial charge in [0.05, 0.1) is 18.8 Å². The largest absolute Gasteiger partial charge is 0.618 e. The summed E-state index contributed by atoms with van der Waals surface area (Å²) in [6, 6.07) is 20.3. The van der Waals surface area contributed by atoms with E-state index < -0.39 is 12.2 Å². The molecule has 2 heterocycles. The van der Waals surface area contributed by atoms with Crippen LogP contribution < -0.4 is 15.5 Å². The van der Waals surface area contributed by atoms with Crippen molar-refractivity contribution in [2.75, 3.05) is 11.1 Å². The van der Waals surface area contributed by atoms with E-state index in [0.717, 1.165) is 21.4 Å². The van der Waals surface area contributed by atoms with Gasteiger partial charge in [0.2, 0.25) is 11.8 Å². The average Bonchev–Trinajstić information content (AvgIpc) is 3.00. The summed E-state index contributed by atoms with van der Waals surface area (Å²) in [5.41, 5.74) is 4.75. The van der Waals surface area contributed by atoms with Crippen molar-refractivity contribution in [2.24, 2.45) is 0 Å². The molecule has 1 aromatic heterocycles. The number of nitrogens with zero attached hydrogens (tertiary/aromatic N) is 1. The summed E-state index contributed by atoms with van der Waals surface area (Å²) >= 11 is 1.42. The summed E-state index contributed by atoms with van der Waals surface area (Å²) in [5, 5.41) is 33.6. The number of benzene rings is 2. The van der Waals surface area contributed by atoms with Crippen LogP contribution in [0.15, 0.2) is 78.0 Å². The van der Waals surface area contributed by atoms with Crippen LogP contribution in [-0.2, 0) is 25.7 Å². The molecule has 1 saturated heterocycles. The zero-order valence-electron chi connectivity index (χ0n) is 22.6. The van der Waals surface area contributed by atoms with Gasteiger partial charge in [-0.2, -0.15) is 4.73 Å². The summed E-state index contributed by atoms with van der Waals surface area (Å²) in [5.74, 6) is -0.0183. The van der Waals surface area contributed by atoms with Gasteiger partial charge in [0.1, 0.15) is 0 Å². The van der Waals surface area contributed by atoms with Gasteiger partial charge < -0.3 is 25.1 Å². The van der Waals surface area contributed by atoms with Gasteiger partial charge >= 0.3 is 0 Å². The van der Waals surface area contributed by atoms with Crippen LogP contribution in [0.3, 0.4) is 0 Å². The zero-order valence-corrected chi connectivity index (χ0v) is 23.4. The fourth-order valence-electron chi connectivity index (χ4n) is 4.52. The molecular formula is C30H35N3O7S. The van der Waals surface area contributed by atoms with Crippen LogP contribution in [0.1, 0.15) is 67.6 Å². The quantitative estimate of drug-likeness (QED) is 0.0575. The Bertz CT molecular complexity index is 1290. The number of hydrogen-bond donors (Lipinski definition) is 4. The van der Waals surface area contributed by atoms with Crippen LogP contribution in [0.5, 0.6) is 0 Å². The number of unbranched alkanes of at least 4 members (excludes halogenated alkanes) is 2. The fourth-order valence-corrected chi connectivity index (χ4v) is 5.45. The number of hydrogen-bond acceptors (Lipinski definition) is 8. The Labute approximate surface area is 243 Å². The summed E-state index contributed by atoms with van der Waals surface area (Å²) in [6.07, 6.45) is 3.32. The Morgan fingerprint density at radius 2 is 1.73 bits per heavy atom. The summed E-state index contributed by atoms with van der Waals surface area (Å²) in [7, 11) is 0. The van der Waals surface area contributed by atoms with E-state index in [9.17, 15) is 19.9 Å². The third-order valence-corrected chi connectivity index (χ3v) is 7.85. The minimum atomic E-state index is -0.693. The third-order valence-electron chi connectivity index (χ3n) is 6.70.